The van der Waals surface area contributed by atoms with E-state index in [9.17, 15) is 4.79 Å². The van der Waals surface area contributed by atoms with Gasteiger partial charge in [-0.1, -0.05) is 60.7 Å². The third-order valence-corrected chi connectivity index (χ3v) is 2.89. The molecule has 0 unspecified atom stereocenters. The minimum absolute atomic E-state index is 0.192. The molecule has 0 amide bonds. The number of ether oxygens (including phenoxy) is 1. The highest BCUT2D eigenvalue weighted by Gasteiger charge is 1.98. The Morgan fingerprint density at radius 3 is 2.55 bits per heavy atom. The highest BCUT2D eigenvalue weighted by atomic mass is 16.5. The van der Waals surface area contributed by atoms with Crippen molar-refractivity contribution in [1.29, 1.82) is 0 Å². The monoisotopic (exact) mass is 266 g/mol. The first kappa shape index (κ1) is 14.1. The van der Waals surface area contributed by atoms with E-state index >= 15 is 0 Å². The summed E-state index contributed by atoms with van der Waals surface area (Å²) in [6.07, 6.45) is 4.09. The summed E-state index contributed by atoms with van der Waals surface area (Å²) >= 11 is 0. The second-order valence-electron chi connectivity index (χ2n) is 4.40. The predicted octanol–water partition coefficient (Wildman–Crippen LogP) is 4.32. The van der Waals surface area contributed by atoms with Crippen LogP contribution in [0.3, 0.4) is 0 Å². The van der Waals surface area contributed by atoms with Gasteiger partial charge in [-0.25, -0.2) is 0 Å². The molecule has 2 aromatic rings. The highest BCUT2D eigenvalue weighted by molar-refractivity contribution is 5.73. The van der Waals surface area contributed by atoms with Crippen molar-refractivity contribution in [3.05, 3.63) is 66.2 Å². The van der Waals surface area contributed by atoms with Crippen LogP contribution >= 0.6 is 0 Å². The van der Waals surface area contributed by atoms with Gasteiger partial charge in [0.25, 0.3) is 0 Å². The molecule has 0 aromatic heterocycles. The van der Waals surface area contributed by atoms with Gasteiger partial charge in [0.05, 0.1) is 13.0 Å². The minimum Gasteiger partial charge on any atom is -0.466 e. The van der Waals surface area contributed by atoms with Crippen LogP contribution < -0.4 is 0 Å². The third-order valence-electron chi connectivity index (χ3n) is 2.89. The molecule has 20 heavy (non-hydrogen) atoms. The molecule has 2 nitrogen and oxygen atoms in total. The zero-order chi connectivity index (χ0) is 14.2. The van der Waals surface area contributed by atoms with Gasteiger partial charge in [0.15, 0.2) is 0 Å². The Morgan fingerprint density at radius 1 is 1.05 bits per heavy atom. The van der Waals surface area contributed by atoms with Crippen LogP contribution in [-0.4, -0.2) is 12.6 Å². The Balaban J connectivity index is 2.07. The highest BCUT2D eigenvalue weighted by Crippen LogP contribution is 2.20. The van der Waals surface area contributed by atoms with Crippen molar-refractivity contribution in [2.75, 3.05) is 6.61 Å². The second-order valence-corrected chi connectivity index (χ2v) is 4.40. The van der Waals surface area contributed by atoms with Gasteiger partial charge >= 0.3 is 5.97 Å². The van der Waals surface area contributed by atoms with Crippen LogP contribution in [0.5, 0.6) is 0 Å². The Bertz CT molecular complexity index is 585. The first-order valence-corrected chi connectivity index (χ1v) is 6.77. The number of carbonyl (C=O) groups is 1. The molecule has 2 aromatic carbocycles. The summed E-state index contributed by atoms with van der Waals surface area (Å²) in [7, 11) is 0. The van der Waals surface area contributed by atoms with Crippen molar-refractivity contribution < 1.29 is 9.53 Å². The normalized spacial score (nSPS) is 10.7. The average Bonchev–Trinajstić information content (AvgIpc) is 2.49. The fourth-order valence-corrected chi connectivity index (χ4v) is 1.96. The average molecular weight is 266 g/mol. The molecule has 0 saturated carbocycles. The van der Waals surface area contributed by atoms with E-state index in [1.807, 2.05) is 49.4 Å². The molecule has 0 saturated heterocycles. The Kier molecular flexibility index (Phi) is 5.13. The van der Waals surface area contributed by atoms with Gasteiger partial charge in [0.1, 0.15) is 0 Å². The molecule has 0 aliphatic heterocycles. The smallest absolute Gasteiger partial charge is 0.309 e. The minimum atomic E-state index is -0.192. The third kappa shape index (κ3) is 4.09. The van der Waals surface area contributed by atoms with Crippen molar-refractivity contribution >= 4 is 12.0 Å². The lowest BCUT2D eigenvalue weighted by atomic mass is 10.0. The van der Waals surface area contributed by atoms with Gasteiger partial charge in [-0.15, -0.1) is 0 Å². The molecule has 0 aliphatic carbocycles. The van der Waals surface area contributed by atoms with Crippen molar-refractivity contribution in [2.45, 2.75) is 13.3 Å². The van der Waals surface area contributed by atoms with Gasteiger partial charge in [-0.2, -0.15) is 0 Å². The van der Waals surface area contributed by atoms with Crippen LogP contribution in [0.25, 0.3) is 17.2 Å². The summed E-state index contributed by atoms with van der Waals surface area (Å²) in [6, 6.07) is 18.5. The summed E-state index contributed by atoms with van der Waals surface area (Å²) in [4.78, 5) is 11.2. The molecule has 2 rings (SSSR count). The standard InChI is InChI=1S/C18H18O2/c1-2-20-18(19)13-7-9-15-8-6-12-17(14-15)16-10-4-3-5-11-16/h3-12,14H,2,13H2,1H3. The molecule has 0 atom stereocenters. The van der Waals surface area contributed by atoms with Crippen LogP contribution in [-0.2, 0) is 9.53 Å². The molecule has 0 aliphatic rings. The summed E-state index contributed by atoms with van der Waals surface area (Å²) in [5, 5.41) is 0. The summed E-state index contributed by atoms with van der Waals surface area (Å²) in [5.74, 6) is -0.192. The van der Waals surface area contributed by atoms with E-state index in [1.165, 1.54) is 11.1 Å². The maximum atomic E-state index is 11.2. The lowest BCUT2D eigenvalue weighted by Gasteiger charge is -2.02. The molecular weight excluding hydrogens is 248 g/mol. The quantitative estimate of drug-likeness (QED) is 0.753. The van der Waals surface area contributed by atoms with E-state index < -0.39 is 0 Å². The zero-order valence-electron chi connectivity index (χ0n) is 11.6. The Labute approximate surface area is 119 Å². The Hall–Kier alpha value is -2.35. The molecule has 102 valence electrons. The summed E-state index contributed by atoms with van der Waals surface area (Å²) in [5.41, 5.74) is 3.44. The van der Waals surface area contributed by atoms with Gasteiger partial charge in [0.2, 0.25) is 0 Å². The zero-order valence-corrected chi connectivity index (χ0v) is 11.6. The van der Waals surface area contributed by atoms with Gasteiger partial charge in [0, 0.05) is 0 Å². The molecule has 2 heteroatoms. The number of rotatable bonds is 5. The molecule has 0 fully saturated rings. The van der Waals surface area contributed by atoms with E-state index in [0.717, 1.165) is 5.56 Å². The molecule has 0 heterocycles. The van der Waals surface area contributed by atoms with E-state index in [0.29, 0.717) is 13.0 Å². The summed E-state index contributed by atoms with van der Waals surface area (Å²) in [6.45, 7) is 2.24. The van der Waals surface area contributed by atoms with Crippen molar-refractivity contribution in [2.24, 2.45) is 0 Å². The first-order valence-electron chi connectivity index (χ1n) is 6.77. The number of carbonyl (C=O) groups excluding carboxylic acids is 1. The topological polar surface area (TPSA) is 26.3 Å². The van der Waals surface area contributed by atoms with Crippen LogP contribution in [0, 0.1) is 0 Å². The predicted molar refractivity (Wildman–Crippen MR) is 82.2 cm³/mol. The largest absolute Gasteiger partial charge is 0.466 e. The number of hydrogen-bond donors (Lipinski definition) is 0. The first-order chi connectivity index (χ1) is 9.79. The van der Waals surface area contributed by atoms with E-state index in [4.69, 9.17) is 4.74 Å². The maximum absolute atomic E-state index is 11.2. The van der Waals surface area contributed by atoms with Crippen LogP contribution in [0.15, 0.2) is 60.7 Å². The molecule has 0 bridgehead atoms. The molecule has 0 N–H and O–H groups in total. The van der Waals surface area contributed by atoms with Crippen LogP contribution in [0.2, 0.25) is 0 Å². The van der Waals surface area contributed by atoms with E-state index in [-0.39, 0.29) is 5.97 Å². The molecule has 0 spiro atoms. The van der Waals surface area contributed by atoms with Crippen molar-refractivity contribution in [3.8, 4) is 11.1 Å². The van der Waals surface area contributed by atoms with Gasteiger partial charge in [-0.05, 0) is 29.7 Å². The number of esters is 1. The van der Waals surface area contributed by atoms with Gasteiger partial charge < -0.3 is 4.74 Å². The lowest BCUT2D eigenvalue weighted by molar-refractivity contribution is -0.142. The van der Waals surface area contributed by atoms with Crippen LogP contribution in [0.1, 0.15) is 18.9 Å². The molecular formula is C18H18O2. The Morgan fingerprint density at radius 2 is 1.80 bits per heavy atom. The lowest BCUT2D eigenvalue weighted by Crippen LogP contribution is -2.01. The fourth-order valence-electron chi connectivity index (χ4n) is 1.96. The van der Waals surface area contributed by atoms with E-state index in [2.05, 4.69) is 24.3 Å². The molecule has 0 radical (unpaired) electrons. The fraction of sp³-hybridized carbons (Fsp3) is 0.167. The van der Waals surface area contributed by atoms with Crippen LogP contribution in [0.4, 0.5) is 0 Å². The van der Waals surface area contributed by atoms with Gasteiger partial charge in [-0.3, -0.25) is 4.79 Å². The van der Waals surface area contributed by atoms with Crippen molar-refractivity contribution in [3.63, 3.8) is 0 Å². The SMILES string of the molecule is CCOC(=O)CC=Cc1cccc(-c2ccccc2)c1. The second kappa shape index (κ2) is 7.29. The summed E-state index contributed by atoms with van der Waals surface area (Å²) < 4.78 is 4.88. The number of benzene rings is 2. The van der Waals surface area contributed by atoms with E-state index in [1.54, 1.807) is 0 Å². The number of hydrogen-bond acceptors (Lipinski definition) is 2. The maximum Gasteiger partial charge on any atom is 0.309 e. The van der Waals surface area contributed by atoms with Crippen molar-refractivity contribution in [1.82, 2.24) is 0 Å².